The fraction of sp³-hybridized carbons (Fsp3) is 0.370. The van der Waals surface area contributed by atoms with Gasteiger partial charge in [0, 0.05) is 49.4 Å². The SMILES string of the molecule is O=C(C=Cc1ccc(CN(CCCS(=O)(=O)N2CCOCC2)CCc2c[nH]c3ccccc23)cc1)NO. The maximum atomic E-state index is 12.8. The Labute approximate surface area is 217 Å². The number of H-pyrrole nitrogens is 1. The molecule has 1 aliphatic heterocycles. The number of para-hydroxylation sites is 1. The van der Waals surface area contributed by atoms with Gasteiger partial charge in [-0.3, -0.25) is 14.9 Å². The van der Waals surface area contributed by atoms with E-state index in [1.54, 1.807) is 11.6 Å². The van der Waals surface area contributed by atoms with E-state index in [1.807, 2.05) is 36.4 Å². The van der Waals surface area contributed by atoms with Crippen molar-refractivity contribution in [3.63, 3.8) is 0 Å². The predicted molar refractivity (Wildman–Crippen MR) is 143 cm³/mol. The summed E-state index contributed by atoms with van der Waals surface area (Å²) in [4.78, 5) is 16.8. The van der Waals surface area contributed by atoms with Crippen LogP contribution in [0.25, 0.3) is 17.0 Å². The summed E-state index contributed by atoms with van der Waals surface area (Å²) >= 11 is 0. The smallest absolute Gasteiger partial charge is 0.267 e. The molecular formula is C27H34N4O5S. The van der Waals surface area contributed by atoms with Crippen LogP contribution in [0.2, 0.25) is 0 Å². The van der Waals surface area contributed by atoms with Crippen molar-refractivity contribution in [3.05, 3.63) is 77.5 Å². The molecule has 0 bridgehead atoms. The lowest BCUT2D eigenvalue weighted by molar-refractivity contribution is -0.124. The number of aromatic nitrogens is 1. The van der Waals surface area contributed by atoms with E-state index in [4.69, 9.17) is 9.94 Å². The van der Waals surface area contributed by atoms with Crippen LogP contribution in [0.4, 0.5) is 0 Å². The van der Waals surface area contributed by atoms with E-state index < -0.39 is 15.9 Å². The third kappa shape index (κ3) is 7.73. The summed E-state index contributed by atoms with van der Waals surface area (Å²) < 4.78 is 32.4. The Morgan fingerprint density at radius 3 is 2.62 bits per heavy atom. The summed E-state index contributed by atoms with van der Waals surface area (Å²) in [6.07, 6.45) is 6.33. The Kier molecular flexibility index (Phi) is 9.48. The van der Waals surface area contributed by atoms with Crippen molar-refractivity contribution in [2.45, 2.75) is 19.4 Å². The number of hydrogen-bond donors (Lipinski definition) is 3. The normalized spacial score (nSPS) is 15.1. The molecular weight excluding hydrogens is 492 g/mol. The summed E-state index contributed by atoms with van der Waals surface area (Å²) in [7, 11) is -3.30. The van der Waals surface area contributed by atoms with Gasteiger partial charge >= 0.3 is 0 Å². The molecule has 1 aliphatic rings. The molecule has 10 heteroatoms. The second kappa shape index (κ2) is 13.0. The molecule has 1 amide bonds. The van der Waals surface area contributed by atoms with Gasteiger partial charge in [-0.05, 0) is 48.2 Å². The Bertz CT molecular complexity index is 1300. The zero-order chi connectivity index (χ0) is 26.1. The number of benzene rings is 2. The monoisotopic (exact) mass is 526 g/mol. The number of carbonyl (C=O) groups is 1. The van der Waals surface area contributed by atoms with Gasteiger partial charge in [0.15, 0.2) is 0 Å². The number of carbonyl (C=O) groups excluding carboxylic acids is 1. The van der Waals surface area contributed by atoms with E-state index in [-0.39, 0.29) is 5.75 Å². The molecule has 0 unspecified atom stereocenters. The van der Waals surface area contributed by atoms with E-state index in [2.05, 4.69) is 28.2 Å². The lowest BCUT2D eigenvalue weighted by Crippen LogP contribution is -2.42. The molecule has 2 heterocycles. The highest BCUT2D eigenvalue weighted by Crippen LogP contribution is 2.19. The zero-order valence-electron chi connectivity index (χ0n) is 20.8. The lowest BCUT2D eigenvalue weighted by Gasteiger charge is -2.27. The van der Waals surface area contributed by atoms with Gasteiger partial charge in [0.25, 0.3) is 5.91 Å². The molecule has 0 aliphatic carbocycles. The van der Waals surface area contributed by atoms with Crippen molar-refractivity contribution < 1.29 is 23.2 Å². The van der Waals surface area contributed by atoms with Crippen LogP contribution in [0.3, 0.4) is 0 Å². The summed E-state index contributed by atoms with van der Waals surface area (Å²) in [5.41, 5.74) is 5.86. The topological polar surface area (TPSA) is 115 Å². The highest BCUT2D eigenvalue weighted by molar-refractivity contribution is 7.89. The molecule has 1 fully saturated rings. The number of sulfonamides is 1. The maximum absolute atomic E-state index is 12.8. The minimum absolute atomic E-state index is 0.118. The number of ether oxygens (including phenoxy) is 1. The fourth-order valence-electron chi connectivity index (χ4n) is 4.51. The number of aromatic amines is 1. The number of fused-ring (bicyclic) bond motifs is 1. The molecule has 37 heavy (non-hydrogen) atoms. The molecule has 9 nitrogen and oxygen atoms in total. The number of hydrogen-bond acceptors (Lipinski definition) is 6. The van der Waals surface area contributed by atoms with Crippen molar-refractivity contribution in [2.24, 2.45) is 0 Å². The molecule has 198 valence electrons. The number of hydroxylamine groups is 1. The van der Waals surface area contributed by atoms with Crippen LogP contribution < -0.4 is 5.48 Å². The molecule has 0 atom stereocenters. The molecule has 1 aromatic heterocycles. The summed E-state index contributed by atoms with van der Waals surface area (Å²) in [6.45, 7) is 3.88. The van der Waals surface area contributed by atoms with Crippen molar-refractivity contribution in [2.75, 3.05) is 45.1 Å². The molecule has 0 spiro atoms. The number of morpholine rings is 1. The summed E-state index contributed by atoms with van der Waals surface area (Å²) in [5.74, 6) is -0.465. The average Bonchev–Trinajstić information content (AvgIpc) is 3.34. The second-order valence-corrected chi connectivity index (χ2v) is 11.2. The van der Waals surface area contributed by atoms with Crippen molar-refractivity contribution in [1.29, 1.82) is 0 Å². The molecule has 4 rings (SSSR count). The van der Waals surface area contributed by atoms with E-state index in [0.717, 1.165) is 29.6 Å². The summed E-state index contributed by atoms with van der Waals surface area (Å²) in [5, 5.41) is 9.83. The van der Waals surface area contributed by atoms with Gasteiger partial charge in [0.05, 0.1) is 19.0 Å². The highest BCUT2D eigenvalue weighted by Gasteiger charge is 2.24. The first-order valence-electron chi connectivity index (χ1n) is 12.5. The Morgan fingerprint density at radius 1 is 1.11 bits per heavy atom. The van der Waals surface area contributed by atoms with Gasteiger partial charge in [0.1, 0.15) is 0 Å². The third-order valence-corrected chi connectivity index (χ3v) is 8.49. The van der Waals surface area contributed by atoms with Crippen LogP contribution in [-0.2, 0) is 32.5 Å². The minimum atomic E-state index is -3.30. The number of amides is 1. The standard InChI is InChI=1S/C27H34N4O5S/c32-27(29-33)11-10-22-6-8-23(9-7-22)21-30(13-3-19-37(34,35)31-15-17-36-18-16-31)14-12-24-20-28-26-5-2-1-4-25(24)26/h1-2,4-11,20,28,33H,3,12-19,21H2,(H,29,32). The first-order chi connectivity index (χ1) is 17.9. The van der Waals surface area contributed by atoms with Crippen molar-refractivity contribution in [3.8, 4) is 0 Å². The largest absolute Gasteiger partial charge is 0.379 e. The first kappa shape index (κ1) is 27.0. The Hall–Kier alpha value is -3.02. The molecule has 1 saturated heterocycles. The minimum Gasteiger partial charge on any atom is -0.379 e. The Balaban J connectivity index is 1.40. The Morgan fingerprint density at radius 2 is 1.86 bits per heavy atom. The van der Waals surface area contributed by atoms with E-state index >= 15 is 0 Å². The number of nitrogens with zero attached hydrogens (tertiary/aromatic N) is 2. The quantitative estimate of drug-likeness (QED) is 0.190. The molecule has 2 aromatic carbocycles. The van der Waals surface area contributed by atoms with E-state index in [0.29, 0.717) is 45.8 Å². The van der Waals surface area contributed by atoms with Crippen molar-refractivity contribution >= 4 is 32.9 Å². The van der Waals surface area contributed by atoms with Crippen LogP contribution in [0.15, 0.2) is 60.8 Å². The van der Waals surface area contributed by atoms with Crippen LogP contribution in [0.5, 0.6) is 0 Å². The maximum Gasteiger partial charge on any atom is 0.267 e. The summed E-state index contributed by atoms with van der Waals surface area (Å²) in [6, 6.07) is 16.1. The van der Waals surface area contributed by atoms with Gasteiger partial charge in [-0.1, -0.05) is 42.5 Å². The van der Waals surface area contributed by atoms with Crippen LogP contribution in [0.1, 0.15) is 23.1 Å². The van der Waals surface area contributed by atoms with E-state index in [1.165, 1.54) is 21.3 Å². The van der Waals surface area contributed by atoms with Gasteiger partial charge in [-0.15, -0.1) is 0 Å². The van der Waals surface area contributed by atoms with Gasteiger partial charge in [0.2, 0.25) is 10.0 Å². The zero-order valence-corrected chi connectivity index (χ0v) is 21.6. The van der Waals surface area contributed by atoms with E-state index in [9.17, 15) is 13.2 Å². The number of nitrogens with one attached hydrogen (secondary N) is 2. The highest BCUT2D eigenvalue weighted by atomic mass is 32.2. The average molecular weight is 527 g/mol. The lowest BCUT2D eigenvalue weighted by atomic mass is 10.1. The van der Waals surface area contributed by atoms with Crippen LogP contribution in [-0.4, -0.2) is 78.9 Å². The van der Waals surface area contributed by atoms with Crippen molar-refractivity contribution in [1.82, 2.24) is 19.7 Å². The molecule has 0 radical (unpaired) electrons. The third-order valence-electron chi connectivity index (χ3n) is 6.54. The molecule has 0 saturated carbocycles. The van der Waals surface area contributed by atoms with Gasteiger partial charge < -0.3 is 9.72 Å². The van der Waals surface area contributed by atoms with Crippen LogP contribution in [0, 0.1) is 0 Å². The predicted octanol–water partition coefficient (Wildman–Crippen LogP) is 2.78. The molecule has 3 aromatic rings. The fourth-order valence-corrected chi connectivity index (χ4v) is 5.97. The second-order valence-electron chi connectivity index (χ2n) is 9.12. The van der Waals surface area contributed by atoms with Gasteiger partial charge in [-0.2, -0.15) is 4.31 Å². The van der Waals surface area contributed by atoms with Crippen LogP contribution >= 0.6 is 0 Å². The first-order valence-corrected chi connectivity index (χ1v) is 14.1. The molecule has 3 N–H and O–H groups in total. The van der Waals surface area contributed by atoms with Gasteiger partial charge in [-0.25, -0.2) is 13.9 Å². The number of rotatable bonds is 12.